The minimum Gasteiger partial charge on any atom is -0.323 e. The van der Waals surface area contributed by atoms with Gasteiger partial charge in [0.25, 0.3) is 0 Å². The molecule has 0 aliphatic heterocycles. The fourth-order valence-corrected chi connectivity index (χ4v) is 2.61. The van der Waals surface area contributed by atoms with Gasteiger partial charge in [-0.1, -0.05) is 18.2 Å². The monoisotopic (exact) mass is 255 g/mol. The normalized spacial score (nSPS) is 13.9. The Kier molecular flexibility index (Phi) is 3.31. The molecular weight excluding hydrogens is 238 g/mol. The molecule has 4 heteroatoms. The number of hydrogen-bond donors (Lipinski definition) is 2. The zero-order chi connectivity index (χ0) is 13.1. The number of aryl methyl sites for hydroxylation is 2. The average Bonchev–Trinajstić information content (AvgIpc) is 2.91. The molecule has 0 unspecified atom stereocenters. The third-order valence-electron chi connectivity index (χ3n) is 3.56. The lowest BCUT2D eigenvalue weighted by Crippen LogP contribution is -2.14. The lowest BCUT2D eigenvalue weighted by molar-refractivity contribution is -0.115. The van der Waals surface area contributed by atoms with E-state index in [2.05, 4.69) is 33.7 Å². The molecule has 19 heavy (non-hydrogen) atoms. The number of aromatic amines is 1. The molecule has 1 aliphatic rings. The molecule has 0 atom stereocenters. The molecule has 0 bridgehead atoms. The highest BCUT2D eigenvalue weighted by Crippen LogP contribution is 2.22. The lowest BCUT2D eigenvalue weighted by atomic mass is 9.90. The van der Waals surface area contributed by atoms with Crippen LogP contribution in [0.2, 0.25) is 0 Å². The van der Waals surface area contributed by atoms with E-state index < -0.39 is 0 Å². The van der Waals surface area contributed by atoms with Gasteiger partial charge in [-0.2, -0.15) is 5.10 Å². The van der Waals surface area contributed by atoms with E-state index in [1.807, 2.05) is 0 Å². The van der Waals surface area contributed by atoms with E-state index in [0.29, 0.717) is 12.1 Å². The van der Waals surface area contributed by atoms with Crippen molar-refractivity contribution in [2.45, 2.75) is 32.1 Å². The van der Waals surface area contributed by atoms with Crippen LogP contribution in [0.15, 0.2) is 30.6 Å². The number of anilines is 1. The highest BCUT2D eigenvalue weighted by atomic mass is 16.1. The number of benzene rings is 1. The molecule has 4 nitrogen and oxygen atoms in total. The lowest BCUT2D eigenvalue weighted by Gasteiger charge is -2.16. The number of fused-ring (bicyclic) bond motifs is 1. The van der Waals surface area contributed by atoms with Crippen LogP contribution in [0, 0.1) is 0 Å². The highest BCUT2D eigenvalue weighted by Gasteiger charge is 2.11. The first kappa shape index (κ1) is 12.0. The number of H-pyrrole nitrogens is 1. The highest BCUT2D eigenvalue weighted by molar-refractivity contribution is 5.91. The first-order chi connectivity index (χ1) is 9.31. The summed E-state index contributed by atoms with van der Waals surface area (Å²) in [6, 6.07) is 6.43. The van der Waals surface area contributed by atoms with Crippen LogP contribution in [-0.4, -0.2) is 16.1 Å². The molecule has 1 heterocycles. The van der Waals surface area contributed by atoms with E-state index in [1.54, 1.807) is 12.4 Å². The molecule has 0 fully saturated rings. The predicted molar refractivity (Wildman–Crippen MR) is 74.0 cm³/mol. The summed E-state index contributed by atoms with van der Waals surface area (Å²) >= 11 is 0. The minimum atomic E-state index is -0.00263. The Morgan fingerprint density at radius 2 is 2.11 bits per heavy atom. The van der Waals surface area contributed by atoms with Crippen LogP contribution in [-0.2, 0) is 24.1 Å². The molecule has 1 aliphatic carbocycles. The molecule has 98 valence electrons. The van der Waals surface area contributed by atoms with Crippen LogP contribution in [0.4, 0.5) is 5.69 Å². The Balaban J connectivity index is 1.67. The van der Waals surface area contributed by atoms with Gasteiger partial charge < -0.3 is 5.32 Å². The first-order valence-electron chi connectivity index (χ1n) is 6.70. The average molecular weight is 255 g/mol. The van der Waals surface area contributed by atoms with Gasteiger partial charge in [-0.25, -0.2) is 0 Å². The fourth-order valence-electron chi connectivity index (χ4n) is 2.61. The van der Waals surface area contributed by atoms with E-state index >= 15 is 0 Å². The SMILES string of the molecule is O=C(Cc1ccc2c(c1)CCCC2)Nc1cn[nH]c1. The fraction of sp³-hybridized carbons (Fsp3) is 0.333. The maximum atomic E-state index is 11.9. The molecule has 0 spiro atoms. The zero-order valence-electron chi connectivity index (χ0n) is 10.8. The number of amides is 1. The number of aromatic nitrogens is 2. The minimum absolute atomic E-state index is 0.00263. The van der Waals surface area contributed by atoms with Crippen molar-refractivity contribution < 1.29 is 4.79 Å². The molecule has 0 saturated carbocycles. The van der Waals surface area contributed by atoms with Crippen LogP contribution in [0.1, 0.15) is 29.5 Å². The summed E-state index contributed by atoms with van der Waals surface area (Å²) in [6.45, 7) is 0. The van der Waals surface area contributed by atoms with E-state index in [0.717, 1.165) is 12.0 Å². The molecule has 0 radical (unpaired) electrons. The van der Waals surface area contributed by atoms with Crippen LogP contribution in [0.5, 0.6) is 0 Å². The second kappa shape index (κ2) is 5.26. The third kappa shape index (κ3) is 2.84. The second-order valence-corrected chi connectivity index (χ2v) is 5.02. The van der Waals surface area contributed by atoms with Crippen LogP contribution < -0.4 is 5.32 Å². The molecule has 2 N–H and O–H groups in total. The van der Waals surface area contributed by atoms with Gasteiger partial charge in [-0.05, 0) is 42.4 Å². The summed E-state index contributed by atoms with van der Waals surface area (Å²) < 4.78 is 0. The van der Waals surface area contributed by atoms with Crippen LogP contribution >= 0.6 is 0 Å². The van der Waals surface area contributed by atoms with Crippen molar-refractivity contribution in [3.63, 3.8) is 0 Å². The maximum Gasteiger partial charge on any atom is 0.228 e. The Bertz CT molecular complexity index is 575. The van der Waals surface area contributed by atoms with E-state index in [1.165, 1.54) is 30.4 Å². The molecule has 1 aromatic heterocycles. The number of carbonyl (C=O) groups is 1. The van der Waals surface area contributed by atoms with Crippen molar-refractivity contribution in [2.75, 3.05) is 5.32 Å². The largest absolute Gasteiger partial charge is 0.323 e. The summed E-state index contributed by atoms with van der Waals surface area (Å²) in [5.41, 5.74) is 4.66. The molecule has 2 aromatic rings. The van der Waals surface area contributed by atoms with Crippen molar-refractivity contribution in [1.82, 2.24) is 10.2 Å². The summed E-state index contributed by atoms with van der Waals surface area (Å²) in [5.74, 6) is -0.00263. The summed E-state index contributed by atoms with van der Waals surface area (Å²) in [4.78, 5) is 11.9. The van der Waals surface area contributed by atoms with Gasteiger partial charge in [0.1, 0.15) is 0 Å². The Morgan fingerprint density at radius 3 is 2.89 bits per heavy atom. The Labute approximate surface area is 112 Å². The Morgan fingerprint density at radius 1 is 1.26 bits per heavy atom. The van der Waals surface area contributed by atoms with Crippen molar-refractivity contribution in [3.05, 3.63) is 47.3 Å². The van der Waals surface area contributed by atoms with Gasteiger partial charge in [0, 0.05) is 6.20 Å². The standard InChI is InChI=1S/C15H17N3O/c19-15(18-14-9-16-17-10-14)8-11-5-6-12-3-1-2-4-13(12)7-11/h5-7,9-10H,1-4,8H2,(H,16,17)(H,18,19). The number of carbonyl (C=O) groups excluding carboxylic acids is 1. The van der Waals surface area contributed by atoms with Crippen LogP contribution in [0.3, 0.4) is 0 Å². The van der Waals surface area contributed by atoms with Crippen molar-refractivity contribution >= 4 is 11.6 Å². The quantitative estimate of drug-likeness (QED) is 0.885. The smallest absolute Gasteiger partial charge is 0.228 e. The van der Waals surface area contributed by atoms with Crippen molar-refractivity contribution in [1.29, 1.82) is 0 Å². The Hall–Kier alpha value is -2.10. The molecule has 0 saturated heterocycles. The third-order valence-corrected chi connectivity index (χ3v) is 3.56. The predicted octanol–water partition coefficient (Wildman–Crippen LogP) is 2.47. The number of nitrogens with zero attached hydrogens (tertiary/aromatic N) is 1. The summed E-state index contributed by atoms with van der Waals surface area (Å²) in [7, 11) is 0. The number of hydrogen-bond acceptors (Lipinski definition) is 2. The topological polar surface area (TPSA) is 57.8 Å². The van der Waals surface area contributed by atoms with E-state index in [-0.39, 0.29) is 5.91 Å². The zero-order valence-corrected chi connectivity index (χ0v) is 10.8. The van der Waals surface area contributed by atoms with Gasteiger partial charge in [0.15, 0.2) is 0 Å². The molecule has 1 amide bonds. The van der Waals surface area contributed by atoms with E-state index in [4.69, 9.17) is 0 Å². The second-order valence-electron chi connectivity index (χ2n) is 5.02. The summed E-state index contributed by atoms with van der Waals surface area (Å²) in [5, 5.41) is 9.29. The molecule has 1 aromatic carbocycles. The van der Waals surface area contributed by atoms with E-state index in [9.17, 15) is 4.79 Å². The molecule has 3 rings (SSSR count). The van der Waals surface area contributed by atoms with Crippen molar-refractivity contribution in [3.8, 4) is 0 Å². The van der Waals surface area contributed by atoms with Crippen LogP contribution in [0.25, 0.3) is 0 Å². The van der Waals surface area contributed by atoms with Gasteiger partial charge in [-0.3, -0.25) is 9.89 Å². The first-order valence-corrected chi connectivity index (χ1v) is 6.70. The van der Waals surface area contributed by atoms with Gasteiger partial charge in [0.05, 0.1) is 18.3 Å². The summed E-state index contributed by atoms with van der Waals surface area (Å²) in [6.07, 6.45) is 8.56. The van der Waals surface area contributed by atoms with Gasteiger partial charge in [-0.15, -0.1) is 0 Å². The maximum absolute atomic E-state index is 11.9. The number of nitrogens with one attached hydrogen (secondary N) is 2. The number of rotatable bonds is 3. The van der Waals surface area contributed by atoms with Gasteiger partial charge >= 0.3 is 0 Å². The van der Waals surface area contributed by atoms with Gasteiger partial charge in [0.2, 0.25) is 5.91 Å². The van der Waals surface area contributed by atoms with Crippen molar-refractivity contribution in [2.24, 2.45) is 0 Å². The molecular formula is C15H17N3O.